The van der Waals surface area contributed by atoms with Crippen LogP contribution in [0.5, 0.6) is 0 Å². The fraction of sp³-hybridized carbons (Fsp3) is 0.0702. The highest BCUT2D eigenvalue weighted by atomic mass is 15.2. The summed E-state index contributed by atoms with van der Waals surface area (Å²) in [6.45, 7) is 12.5. The van der Waals surface area contributed by atoms with E-state index in [-0.39, 0.29) is 43.6 Å². The van der Waals surface area contributed by atoms with E-state index in [9.17, 15) is 21.9 Å². The smallest absolute Gasteiger partial charge is 0.252 e. The lowest BCUT2D eigenvalue weighted by molar-refractivity contribution is 0.590. The van der Waals surface area contributed by atoms with Crippen LogP contribution in [0, 0.1) is 0 Å². The molecule has 21 aromatic rings. The second kappa shape index (κ2) is 27.0. The Hall–Kier alpha value is -14.5. The van der Waals surface area contributed by atoms with E-state index in [0.29, 0.717) is 22.7 Å². The molecule has 0 atom stereocenters. The molecule has 0 saturated heterocycles. The lowest BCUT2D eigenvalue weighted by Gasteiger charge is -2.46. The molecule has 0 fully saturated rings. The average Bonchev–Trinajstić information content (AvgIpc) is 1.63. The van der Waals surface area contributed by atoms with Gasteiger partial charge in [-0.1, -0.05) is 351 Å². The highest BCUT2D eigenvalue weighted by molar-refractivity contribution is 7.00. The summed E-state index contributed by atoms with van der Waals surface area (Å²) in [5, 5.41) is 7.90. The molecule has 4 heterocycles. The van der Waals surface area contributed by atoms with Gasteiger partial charge in [-0.2, -0.15) is 0 Å². The summed E-state index contributed by atoms with van der Waals surface area (Å²) in [4.78, 5) is 4.78. The van der Waals surface area contributed by atoms with E-state index in [4.69, 9.17) is 0 Å². The summed E-state index contributed by atoms with van der Waals surface area (Å²) in [7, 11) is 0. The SMILES string of the molecule is [2H]c1c([2H])c([2H])c2c(c1[2H])c1c([2H])c([2H])c([2H])c([2H])c1n2-c1ccc2c(c1)N(c1c(-c3cccc(-c4ccccc4)c3)cccc1-c1cccc3c1ccc1ccccc13)c1cc(C(C)(C)C)cc3c1B2c1ccc(-n2c4c([2H])c([2H])c([2H])c([2H])c4c4c([2H])c([2H])c([2H])c([2H])c42)cc1N3c1c(-c2cccc(-c3ccccc3)c2)cc(C(C)(C)C)cc1-c1cccc2c1ccc1ccccc12. The largest absolute Gasteiger partial charge is 0.310 e. The van der Waals surface area contributed by atoms with Crippen molar-refractivity contribution in [3.05, 3.63) is 405 Å². The first-order chi connectivity index (χ1) is 65.0. The van der Waals surface area contributed by atoms with E-state index in [1.807, 2.05) is 78.9 Å². The number of nitrogens with zero attached hydrogens (tertiary/aromatic N) is 4. The molecule has 4 nitrogen and oxygen atoms in total. The fourth-order valence-corrected chi connectivity index (χ4v) is 19.0. The molecule has 5 heteroatoms. The van der Waals surface area contributed by atoms with E-state index >= 15 is 0 Å². The summed E-state index contributed by atoms with van der Waals surface area (Å²) in [6, 6.07) is 95.8. The number of hydrogen-bond donors (Lipinski definition) is 0. The predicted molar refractivity (Wildman–Crippen MR) is 509 cm³/mol. The zero-order valence-corrected chi connectivity index (χ0v) is 66.2. The van der Waals surface area contributed by atoms with Gasteiger partial charge in [-0.05, 0) is 211 Å². The number of hydrogen-bond acceptors (Lipinski definition) is 2. The Bertz CT molecular complexity index is 8660. The zero-order valence-electron chi connectivity index (χ0n) is 82.2. The predicted octanol–water partition coefficient (Wildman–Crippen LogP) is 29.2. The first-order valence-electron chi connectivity index (χ1n) is 48.5. The maximum absolute atomic E-state index is 10.1. The van der Waals surface area contributed by atoms with E-state index in [2.05, 4.69) is 270 Å². The molecule has 23 rings (SSSR count). The van der Waals surface area contributed by atoms with Crippen molar-refractivity contribution in [3.63, 3.8) is 0 Å². The first kappa shape index (κ1) is 55.1. The van der Waals surface area contributed by atoms with E-state index in [1.54, 1.807) is 9.13 Å². The van der Waals surface area contributed by atoms with Crippen LogP contribution < -0.4 is 26.2 Å². The molecule has 0 saturated carbocycles. The topological polar surface area (TPSA) is 16.3 Å². The number of para-hydroxylation sites is 5. The molecule has 2 aromatic heterocycles. The van der Waals surface area contributed by atoms with Gasteiger partial charge in [0.15, 0.2) is 0 Å². The maximum Gasteiger partial charge on any atom is 0.252 e. The molecule has 2 aliphatic heterocycles. The first-order valence-corrected chi connectivity index (χ1v) is 40.5. The molecular weight excluding hydrogens is 1440 g/mol. The van der Waals surface area contributed by atoms with Crippen LogP contribution in [0.25, 0.3) is 165 Å². The quantitative estimate of drug-likeness (QED) is 0.100. The Labute approximate surface area is 716 Å². The number of anilines is 6. The molecule has 0 radical (unpaired) electrons. The monoisotopic (exact) mass is 1530 g/mol. The van der Waals surface area contributed by atoms with Crippen molar-refractivity contribution in [1.82, 2.24) is 9.13 Å². The van der Waals surface area contributed by atoms with Gasteiger partial charge >= 0.3 is 0 Å². The van der Waals surface area contributed by atoms with Crippen LogP contribution in [0.2, 0.25) is 0 Å². The zero-order chi connectivity index (χ0) is 93.4. The average molecular weight is 1540 g/mol. The van der Waals surface area contributed by atoms with Crippen molar-refractivity contribution in [3.8, 4) is 78.1 Å². The molecule has 119 heavy (non-hydrogen) atoms. The molecule has 0 aliphatic carbocycles. The van der Waals surface area contributed by atoms with Crippen LogP contribution in [0.15, 0.2) is 394 Å². The van der Waals surface area contributed by atoms with Crippen LogP contribution in [-0.2, 0) is 10.8 Å². The van der Waals surface area contributed by atoms with Gasteiger partial charge in [-0.3, -0.25) is 0 Å². The summed E-state index contributed by atoms with van der Waals surface area (Å²) in [5.41, 5.74) is 18.2. The molecule has 19 aromatic carbocycles. The number of fused-ring (bicyclic) bond motifs is 16. The van der Waals surface area contributed by atoms with Crippen molar-refractivity contribution < 1.29 is 21.9 Å². The third-order valence-electron chi connectivity index (χ3n) is 24.7. The minimum atomic E-state index is -0.836. The van der Waals surface area contributed by atoms with Gasteiger partial charge < -0.3 is 18.9 Å². The lowest BCUT2D eigenvalue weighted by Crippen LogP contribution is -2.61. The van der Waals surface area contributed by atoms with Crippen LogP contribution in [0.4, 0.5) is 34.1 Å². The lowest BCUT2D eigenvalue weighted by atomic mass is 9.33. The number of rotatable bonds is 10. The Morgan fingerprint density at radius 2 is 0.605 bits per heavy atom. The molecule has 0 N–H and O–H groups in total. The third kappa shape index (κ3) is 11.1. The summed E-state index contributed by atoms with van der Waals surface area (Å²) >= 11 is 0. The van der Waals surface area contributed by atoms with Gasteiger partial charge in [0.05, 0.1) is 55.4 Å². The Balaban J connectivity index is 0.941. The van der Waals surface area contributed by atoms with Crippen molar-refractivity contribution >= 4 is 144 Å². The van der Waals surface area contributed by atoms with Crippen molar-refractivity contribution in [2.75, 3.05) is 9.80 Å². The number of benzene rings is 19. The van der Waals surface area contributed by atoms with E-state index in [0.717, 1.165) is 160 Å². The van der Waals surface area contributed by atoms with Crippen LogP contribution >= 0.6 is 0 Å². The summed E-state index contributed by atoms with van der Waals surface area (Å²) in [6.07, 6.45) is 0. The van der Waals surface area contributed by atoms with Crippen LogP contribution in [-0.4, -0.2) is 15.8 Å². The molecular formula is C114H83BN4. The van der Waals surface area contributed by atoms with Crippen molar-refractivity contribution in [2.24, 2.45) is 0 Å². The van der Waals surface area contributed by atoms with Gasteiger partial charge in [0.25, 0.3) is 6.71 Å². The van der Waals surface area contributed by atoms with Gasteiger partial charge in [-0.25, -0.2) is 0 Å². The van der Waals surface area contributed by atoms with E-state index in [1.165, 1.54) is 0 Å². The molecule has 2 aliphatic rings. The minimum absolute atomic E-state index is 0.0613. The molecule has 562 valence electrons. The molecule has 0 unspecified atom stereocenters. The van der Waals surface area contributed by atoms with Crippen LogP contribution in [0.1, 0.15) is 74.6 Å². The highest BCUT2D eigenvalue weighted by Crippen LogP contribution is 2.57. The third-order valence-corrected chi connectivity index (χ3v) is 24.7. The fourth-order valence-electron chi connectivity index (χ4n) is 19.0. The molecule has 0 bridgehead atoms. The van der Waals surface area contributed by atoms with E-state index < -0.39 is 114 Å². The Kier molecular flexibility index (Phi) is 12.5. The Morgan fingerprint density at radius 3 is 1.08 bits per heavy atom. The second-order valence-corrected chi connectivity index (χ2v) is 33.5. The minimum Gasteiger partial charge on any atom is -0.310 e. The van der Waals surface area contributed by atoms with Crippen LogP contribution in [0.3, 0.4) is 0 Å². The van der Waals surface area contributed by atoms with Gasteiger partial charge in [-0.15, -0.1) is 0 Å². The van der Waals surface area contributed by atoms with Gasteiger partial charge in [0, 0.05) is 77.9 Å². The summed E-state index contributed by atoms with van der Waals surface area (Å²) < 4.78 is 158. The Morgan fingerprint density at radius 1 is 0.244 bits per heavy atom. The standard InChI is InChI=1S/C114H83BN4/c1-113(2,3)80-66-98(79-39-26-37-77(65-79)73-32-11-8-12-33-73)112(99(67-80)90-50-29-48-88-85-41-16-14-35-75(85)57-61-92(88)90)119-107-71-83(117-104-54-23-19-44-95(104)96-45-20-24-55-105(96)117)59-63-101(107)115-100-62-58-82(116-102-52-21-17-42-93(102)94-43-18-22-53-103(94)116)70-106(100)118(108-68-81(114(4,5)6)69-109(119)110(108)115)111-86(78-38-25-36-76(64-78)72-30-9-7-10-31-72)46-27-51-97(111)89-49-28-47-87-84-40-15-13-34-74(84)56-60-91(87)89/h7-71H,1-6H3/i17D,18D,19D,20D,21D,22D,23D,24D,42D,43D,44D,45D,52D,53D,54D,55D. The van der Waals surface area contributed by atoms with Crippen molar-refractivity contribution in [2.45, 2.75) is 52.4 Å². The normalized spacial score (nSPS) is 14.6. The van der Waals surface area contributed by atoms with Gasteiger partial charge in [0.1, 0.15) is 0 Å². The number of aromatic nitrogens is 2. The molecule has 0 amide bonds. The second-order valence-electron chi connectivity index (χ2n) is 33.5. The van der Waals surface area contributed by atoms with Gasteiger partial charge in [0.2, 0.25) is 0 Å². The maximum atomic E-state index is 10.1. The molecule has 0 spiro atoms. The highest BCUT2D eigenvalue weighted by Gasteiger charge is 2.47. The summed E-state index contributed by atoms with van der Waals surface area (Å²) in [5.74, 6) is 0. The van der Waals surface area contributed by atoms with Crippen molar-refractivity contribution in [1.29, 1.82) is 0 Å².